The second-order valence-electron chi connectivity index (χ2n) is 5.22. The molecule has 0 amide bonds. The molecule has 21 heavy (non-hydrogen) atoms. The first-order chi connectivity index (χ1) is 10.2. The molecule has 1 aromatic heterocycles. The monoisotopic (exact) mass is 294 g/mol. The Bertz CT molecular complexity index is 491. The molecular formula is C14H22N4O3. The minimum Gasteiger partial charge on any atom is -0.395 e. The average molecular weight is 294 g/mol. The van der Waals surface area contributed by atoms with Crippen molar-refractivity contribution in [3.05, 3.63) is 22.2 Å². The number of pyridine rings is 1. The lowest BCUT2D eigenvalue weighted by Gasteiger charge is -2.37. The molecule has 0 aliphatic heterocycles. The van der Waals surface area contributed by atoms with Crippen molar-refractivity contribution >= 4 is 17.3 Å². The van der Waals surface area contributed by atoms with Crippen LogP contribution in [0, 0.1) is 10.1 Å². The zero-order chi connectivity index (χ0) is 15.2. The molecule has 1 aliphatic carbocycles. The first kappa shape index (κ1) is 15.5. The van der Waals surface area contributed by atoms with Gasteiger partial charge in [-0.15, -0.1) is 0 Å². The lowest BCUT2D eigenvalue weighted by atomic mass is 9.91. The third-order valence-electron chi connectivity index (χ3n) is 3.74. The van der Waals surface area contributed by atoms with Gasteiger partial charge in [0.2, 0.25) is 5.82 Å². The molecule has 1 aliphatic rings. The van der Waals surface area contributed by atoms with Crippen molar-refractivity contribution in [3.8, 4) is 0 Å². The number of aromatic nitrogens is 1. The van der Waals surface area contributed by atoms with Gasteiger partial charge in [0, 0.05) is 25.2 Å². The Morgan fingerprint density at radius 3 is 2.81 bits per heavy atom. The van der Waals surface area contributed by atoms with Crippen LogP contribution < -0.4 is 10.2 Å². The average Bonchev–Trinajstić information content (AvgIpc) is 2.42. The van der Waals surface area contributed by atoms with E-state index in [1.54, 1.807) is 6.07 Å². The highest BCUT2D eigenvalue weighted by Gasteiger charge is 2.30. The molecule has 1 aromatic rings. The molecule has 0 saturated heterocycles. The second-order valence-corrected chi connectivity index (χ2v) is 5.22. The number of hydrogen-bond donors (Lipinski definition) is 2. The van der Waals surface area contributed by atoms with Gasteiger partial charge in [-0.05, 0) is 31.7 Å². The minimum absolute atomic E-state index is 0.00241. The van der Waals surface area contributed by atoms with E-state index in [2.05, 4.69) is 10.3 Å². The summed E-state index contributed by atoms with van der Waals surface area (Å²) in [4.78, 5) is 17.1. The molecule has 0 spiro atoms. The normalized spacial score (nSPS) is 14.6. The number of rotatable bonds is 8. The molecule has 0 aromatic carbocycles. The van der Waals surface area contributed by atoms with E-state index in [1.165, 1.54) is 6.07 Å². The number of anilines is 2. The Kier molecular flexibility index (Phi) is 5.32. The molecule has 0 atom stereocenters. The van der Waals surface area contributed by atoms with E-state index in [1.807, 2.05) is 11.8 Å². The van der Waals surface area contributed by atoms with Crippen LogP contribution in [0.5, 0.6) is 0 Å². The van der Waals surface area contributed by atoms with E-state index < -0.39 is 4.92 Å². The standard InChI is InChI=1S/C14H22N4O3/c1-2-8-15-13-7-6-12(18(20)21)14(16-13)17(9-10-19)11-4-3-5-11/h6-7,11,19H,2-5,8-10H2,1H3,(H,15,16). The maximum absolute atomic E-state index is 11.2. The van der Waals surface area contributed by atoms with E-state index in [0.717, 1.165) is 32.2 Å². The Hall–Kier alpha value is -1.89. The van der Waals surface area contributed by atoms with Gasteiger partial charge in [-0.2, -0.15) is 0 Å². The summed E-state index contributed by atoms with van der Waals surface area (Å²) in [5.74, 6) is 1.000. The maximum Gasteiger partial charge on any atom is 0.311 e. The quantitative estimate of drug-likeness (QED) is 0.564. The molecule has 7 nitrogen and oxygen atoms in total. The van der Waals surface area contributed by atoms with E-state index >= 15 is 0 Å². The molecule has 2 N–H and O–H groups in total. The van der Waals surface area contributed by atoms with E-state index in [4.69, 9.17) is 0 Å². The fourth-order valence-electron chi connectivity index (χ4n) is 2.41. The van der Waals surface area contributed by atoms with Gasteiger partial charge < -0.3 is 15.3 Å². The molecule has 7 heteroatoms. The maximum atomic E-state index is 11.2. The summed E-state index contributed by atoms with van der Waals surface area (Å²) in [6.45, 7) is 3.15. The highest BCUT2D eigenvalue weighted by atomic mass is 16.6. The zero-order valence-corrected chi connectivity index (χ0v) is 12.3. The smallest absolute Gasteiger partial charge is 0.311 e. The summed E-state index contributed by atoms with van der Waals surface area (Å²) >= 11 is 0. The third kappa shape index (κ3) is 3.60. The van der Waals surface area contributed by atoms with Crippen LogP contribution >= 0.6 is 0 Å². The van der Waals surface area contributed by atoms with Gasteiger partial charge >= 0.3 is 5.69 Å². The van der Waals surface area contributed by atoms with E-state index in [9.17, 15) is 15.2 Å². The SMILES string of the molecule is CCCNc1ccc([N+](=O)[O-])c(N(CCO)C2CCC2)n1. The summed E-state index contributed by atoms with van der Waals surface area (Å²) < 4.78 is 0. The van der Waals surface area contributed by atoms with E-state index in [-0.39, 0.29) is 18.3 Å². The lowest BCUT2D eigenvalue weighted by molar-refractivity contribution is -0.384. The molecule has 1 heterocycles. The van der Waals surface area contributed by atoms with Gasteiger partial charge in [0.1, 0.15) is 5.82 Å². The van der Waals surface area contributed by atoms with Gasteiger partial charge in [0.05, 0.1) is 11.5 Å². The number of hydrogen-bond acceptors (Lipinski definition) is 6. The summed E-state index contributed by atoms with van der Waals surface area (Å²) in [7, 11) is 0. The Morgan fingerprint density at radius 1 is 1.52 bits per heavy atom. The van der Waals surface area contributed by atoms with Crippen molar-refractivity contribution in [1.82, 2.24) is 4.98 Å². The molecule has 0 bridgehead atoms. The van der Waals surface area contributed by atoms with Gasteiger partial charge in [0.15, 0.2) is 0 Å². The molecule has 0 radical (unpaired) electrons. The van der Waals surface area contributed by atoms with Crippen molar-refractivity contribution in [2.45, 2.75) is 38.6 Å². The van der Waals surface area contributed by atoms with Crippen LogP contribution in [-0.2, 0) is 0 Å². The highest BCUT2D eigenvalue weighted by Crippen LogP contribution is 2.34. The van der Waals surface area contributed by atoms with Crippen LogP contribution in [0.25, 0.3) is 0 Å². The van der Waals surface area contributed by atoms with Crippen LogP contribution in [0.4, 0.5) is 17.3 Å². The first-order valence-electron chi connectivity index (χ1n) is 7.44. The molecule has 1 fully saturated rings. The van der Waals surface area contributed by atoms with Crippen LogP contribution in [0.3, 0.4) is 0 Å². The number of nitrogens with zero attached hydrogens (tertiary/aromatic N) is 3. The van der Waals surface area contributed by atoms with Crippen LogP contribution in [-0.4, -0.2) is 40.8 Å². The molecule has 2 rings (SSSR count). The van der Waals surface area contributed by atoms with Crippen molar-refractivity contribution in [1.29, 1.82) is 0 Å². The zero-order valence-electron chi connectivity index (χ0n) is 12.3. The predicted molar refractivity (Wildman–Crippen MR) is 81.7 cm³/mol. The van der Waals surface area contributed by atoms with Crippen molar-refractivity contribution in [2.75, 3.05) is 29.9 Å². The minimum atomic E-state index is -0.408. The largest absolute Gasteiger partial charge is 0.395 e. The number of aliphatic hydroxyl groups excluding tert-OH is 1. The first-order valence-corrected chi connectivity index (χ1v) is 7.44. The fourth-order valence-corrected chi connectivity index (χ4v) is 2.41. The molecular weight excluding hydrogens is 272 g/mol. The summed E-state index contributed by atoms with van der Waals surface area (Å²) in [5.41, 5.74) is -0.00241. The molecule has 1 saturated carbocycles. The Labute approximate surface area is 124 Å². The van der Waals surface area contributed by atoms with Crippen LogP contribution in [0.1, 0.15) is 32.6 Å². The predicted octanol–water partition coefficient (Wildman–Crippen LogP) is 2.16. The topological polar surface area (TPSA) is 91.5 Å². The van der Waals surface area contributed by atoms with Gasteiger partial charge in [-0.25, -0.2) is 4.98 Å². The summed E-state index contributed by atoms with van der Waals surface area (Å²) in [6.07, 6.45) is 4.06. The second kappa shape index (κ2) is 7.21. The fraction of sp³-hybridized carbons (Fsp3) is 0.643. The van der Waals surface area contributed by atoms with Crippen LogP contribution in [0.15, 0.2) is 12.1 Å². The summed E-state index contributed by atoms with van der Waals surface area (Å²) in [5, 5.41) is 23.6. The Morgan fingerprint density at radius 2 is 2.29 bits per heavy atom. The lowest BCUT2D eigenvalue weighted by Crippen LogP contribution is -2.42. The number of nitrogens with one attached hydrogen (secondary N) is 1. The van der Waals surface area contributed by atoms with Gasteiger partial charge in [0.25, 0.3) is 0 Å². The molecule has 116 valence electrons. The van der Waals surface area contributed by atoms with Gasteiger partial charge in [-0.3, -0.25) is 10.1 Å². The summed E-state index contributed by atoms with van der Waals surface area (Å²) in [6, 6.07) is 3.36. The van der Waals surface area contributed by atoms with Crippen molar-refractivity contribution in [2.24, 2.45) is 0 Å². The van der Waals surface area contributed by atoms with E-state index in [0.29, 0.717) is 18.2 Å². The van der Waals surface area contributed by atoms with Crippen molar-refractivity contribution in [3.63, 3.8) is 0 Å². The molecule has 0 unspecified atom stereocenters. The Balaban J connectivity index is 2.32. The number of aliphatic hydroxyl groups is 1. The van der Waals surface area contributed by atoms with Crippen molar-refractivity contribution < 1.29 is 10.0 Å². The third-order valence-corrected chi connectivity index (χ3v) is 3.74. The number of nitro groups is 1. The highest BCUT2D eigenvalue weighted by molar-refractivity contribution is 5.62. The van der Waals surface area contributed by atoms with Crippen LogP contribution in [0.2, 0.25) is 0 Å². The van der Waals surface area contributed by atoms with Gasteiger partial charge in [-0.1, -0.05) is 6.92 Å².